The summed E-state index contributed by atoms with van der Waals surface area (Å²) in [4.78, 5) is 0. The van der Waals surface area contributed by atoms with Crippen LogP contribution in [0.5, 0.6) is 0 Å². The van der Waals surface area contributed by atoms with Crippen molar-refractivity contribution < 1.29 is 5.11 Å². The number of halogens is 1. The van der Waals surface area contributed by atoms with Gasteiger partial charge in [-0.3, -0.25) is 0 Å². The number of benzene rings is 1. The lowest BCUT2D eigenvalue weighted by Gasteiger charge is -2.26. The molecule has 1 atom stereocenters. The largest absolute Gasteiger partial charge is 0.396 e. The van der Waals surface area contributed by atoms with Crippen LogP contribution in [0.3, 0.4) is 0 Å². The first kappa shape index (κ1) is 9.97. The minimum atomic E-state index is 0.219. The van der Waals surface area contributed by atoms with E-state index in [1.54, 1.807) is 0 Å². The monoisotopic (exact) mass is 211 g/mol. The quantitative estimate of drug-likeness (QED) is 0.784. The number of hydrogen-bond donors (Lipinski definition) is 2. The number of nitrogens with one attached hydrogen (secondary N) is 1. The first-order valence-corrected chi connectivity index (χ1v) is 5.29. The molecule has 0 radical (unpaired) electrons. The molecule has 1 aromatic carbocycles. The number of aliphatic hydroxyl groups is 1. The van der Waals surface area contributed by atoms with Gasteiger partial charge in [0.05, 0.1) is 0 Å². The third kappa shape index (κ3) is 1.78. The Morgan fingerprint density at radius 1 is 1.50 bits per heavy atom. The van der Waals surface area contributed by atoms with Crippen molar-refractivity contribution in [3.8, 4) is 0 Å². The molecule has 0 aliphatic carbocycles. The van der Waals surface area contributed by atoms with E-state index >= 15 is 0 Å². The Bertz CT molecular complexity index is 327. The fraction of sp³-hybridized carbons (Fsp3) is 0.455. The molecule has 0 amide bonds. The lowest BCUT2D eigenvalue weighted by Crippen LogP contribution is -2.28. The van der Waals surface area contributed by atoms with Crippen molar-refractivity contribution in [1.29, 1.82) is 0 Å². The average molecular weight is 212 g/mol. The van der Waals surface area contributed by atoms with Crippen LogP contribution in [0.4, 0.5) is 0 Å². The first-order valence-electron chi connectivity index (χ1n) is 4.92. The fourth-order valence-electron chi connectivity index (χ4n) is 2.08. The van der Waals surface area contributed by atoms with Gasteiger partial charge in [0.25, 0.3) is 0 Å². The topological polar surface area (TPSA) is 32.3 Å². The fourth-order valence-corrected chi connectivity index (χ4v) is 2.43. The molecule has 0 saturated carbocycles. The van der Waals surface area contributed by atoms with Crippen LogP contribution in [0.2, 0.25) is 5.02 Å². The summed E-state index contributed by atoms with van der Waals surface area (Å²) < 4.78 is 0. The molecule has 2 nitrogen and oxygen atoms in total. The molecule has 0 spiro atoms. The zero-order valence-electron chi connectivity index (χ0n) is 7.96. The van der Waals surface area contributed by atoms with Crippen molar-refractivity contribution in [2.24, 2.45) is 0 Å². The van der Waals surface area contributed by atoms with E-state index in [0.717, 1.165) is 24.5 Å². The van der Waals surface area contributed by atoms with Crippen LogP contribution >= 0.6 is 11.6 Å². The zero-order chi connectivity index (χ0) is 9.97. The maximum absolute atomic E-state index is 8.96. The van der Waals surface area contributed by atoms with Gasteiger partial charge in [-0.2, -0.15) is 0 Å². The third-order valence-electron chi connectivity index (χ3n) is 2.74. The maximum atomic E-state index is 8.96. The van der Waals surface area contributed by atoms with E-state index in [-0.39, 0.29) is 6.61 Å². The van der Waals surface area contributed by atoms with Crippen LogP contribution in [0.25, 0.3) is 0 Å². The Morgan fingerprint density at radius 3 is 3.14 bits per heavy atom. The molecule has 2 rings (SSSR count). The summed E-state index contributed by atoms with van der Waals surface area (Å²) in [6.45, 7) is 2.02. The zero-order valence-corrected chi connectivity index (χ0v) is 8.72. The predicted octanol–water partition coefficient (Wildman–Crippen LogP) is 1.91. The second-order valence-corrected chi connectivity index (χ2v) is 4.06. The smallest absolute Gasteiger partial charge is 0.0444 e. The molecule has 1 aliphatic rings. The van der Waals surface area contributed by atoms with Gasteiger partial charge in [0.15, 0.2) is 0 Å². The van der Waals surface area contributed by atoms with Gasteiger partial charge in [-0.25, -0.2) is 0 Å². The van der Waals surface area contributed by atoms with Crippen molar-refractivity contribution in [3.63, 3.8) is 0 Å². The first-order chi connectivity index (χ1) is 6.83. The lowest BCUT2D eigenvalue weighted by atomic mass is 9.89. The lowest BCUT2D eigenvalue weighted by molar-refractivity contribution is 0.271. The van der Waals surface area contributed by atoms with Gasteiger partial charge in [-0.05, 0) is 23.6 Å². The molecule has 2 N–H and O–H groups in total. The Balaban J connectivity index is 2.36. The summed E-state index contributed by atoms with van der Waals surface area (Å²) in [5.41, 5.74) is 2.49. The summed E-state index contributed by atoms with van der Waals surface area (Å²) in [6, 6.07) is 6.00. The number of rotatable bonds is 2. The molecule has 1 aliphatic heterocycles. The van der Waals surface area contributed by atoms with Crippen LogP contribution in [-0.4, -0.2) is 18.3 Å². The highest BCUT2D eigenvalue weighted by molar-refractivity contribution is 6.31. The van der Waals surface area contributed by atoms with Crippen LogP contribution in [-0.2, 0) is 6.54 Å². The van der Waals surface area contributed by atoms with E-state index in [1.807, 2.05) is 12.1 Å². The van der Waals surface area contributed by atoms with Crippen LogP contribution in [0, 0.1) is 0 Å². The summed E-state index contributed by atoms with van der Waals surface area (Å²) >= 11 is 6.16. The highest BCUT2D eigenvalue weighted by Crippen LogP contribution is 2.32. The minimum absolute atomic E-state index is 0.219. The van der Waals surface area contributed by atoms with Gasteiger partial charge in [0, 0.05) is 30.6 Å². The molecular formula is C11H14ClNO. The van der Waals surface area contributed by atoms with Crippen LogP contribution in [0.1, 0.15) is 23.5 Å². The number of hydrogen-bond acceptors (Lipinski definition) is 2. The van der Waals surface area contributed by atoms with Crippen LogP contribution in [0.15, 0.2) is 18.2 Å². The van der Waals surface area contributed by atoms with E-state index in [2.05, 4.69) is 11.4 Å². The van der Waals surface area contributed by atoms with Gasteiger partial charge in [-0.1, -0.05) is 23.7 Å². The molecule has 0 bridgehead atoms. The Hall–Kier alpha value is -0.570. The van der Waals surface area contributed by atoms with E-state index in [1.165, 1.54) is 11.1 Å². The molecule has 1 heterocycles. The van der Waals surface area contributed by atoms with Gasteiger partial charge < -0.3 is 10.4 Å². The minimum Gasteiger partial charge on any atom is -0.396 e. The maximum Gasteiger partial charge on any atom is 0.0444 e. The molecule has 0 unspecified atom stereocenters. The van der Waals surface area contributed by atoms with Gasteiger partial charge in [-0.15, -0.1) is 0 Å². The van der Waals surface area contributed by atoms with Crippen molar-refractivity contribution in [3.05, 3.63) is 34.3 Å². The van der Waals surface area contributed by atoms with Crippen molar-refractivity contribution in [2.45, 2.75) is 18.9 Å². The summed E-state index contributed by atoms with van der Waals surface area (Å²) in [5.74, 6) is 0.359. The second-order valence-electron chi connectivity index (χ2n) is 3.65. The van der Waals surface area contributed by atoms with Crippen molar-refractivity contribution in [1.82, 2.24) is 5.32 Å². The van der Waals surface area contributed by atoms with E-state index in [4.69, 9.17) is 16.7 Å². The van der Waals surface area contributed by atoms with E-state index in [9.17, 15) is 0 Å². The van der Waals surface area contributed by atoms with Gasteiger partial charge in [0.1, 0.15) is 0 Å². The second kappa shape index (κ2) is 4.30. The molecule has 0 aromatic heterocycles. The van der Waals surface area contributed by atoms with Crippen LogP contribution < -0.4 is 5.32 Å². The predicted molar refractivity (Wildman–Crippen MR) is 57.6 cm³/mol. The molecule has 3 heteroatoms. The van der Waals surface area contributed by atoms with E-state index in [0.29, 0.717) is 5.92 Å². The summed E-state index contributed by atoms with van der Waals surface area (Å²) in [6.07, 6.45) is 0.781. The Morgan fingerprint density at radius 2 is 2.36 bits per heavy atom. The van der Waals surface area contributed by atoms with Crippen molar-refractivity contribution >= 4 is 11.6 Å². The highest BCUT2D eigenvalue weighted by atomic mass is 35.5. The molecular weight excluding hydrogens is 198 g/mol. The molecule has 1 aromatic rings. The molecule has 76 valence electrons. The normalized spacial score (nSPS) is 20.6. The van der Waals surface area contributed by atoms with Gasteiger partial charge in [0.2, 0.25) is 0 Å². The average Bonchev–Trinajstić information content (AvgIpc) is 2.19. The highest BCUT2D eigenvalue weighted by Gasteiger charge is 2.21. The molecule has 0 fully saturated rings. The Labute approximate surface area is 88.9 Å². The number of fused-ring (bicyclic) bond motifs is 1. The SMILES string of the molecule is OCC[C@H]1CNCc2cccc(Cl)c21. The summed E-state index contributed by atoms with van der Waals surface area (Å²) in [5, 5.41) is 13.1. The number of aliphatic hydroxyl groups excluding tert-OH is 1. The Kier molecular flexibility index (Phi) is 3.06. The van der Waals surface area contributed by atoms with Gasteiger partial charge >= 0.3 is 0 Å². The summed E-state index contributed by atoms with van der Waals surface area (Å²) in [7, 11) is 0. The van der Waals surface area contributed by atoms with E-state index < -0.39 is 0 Å². The van der Waals surface area contributed by atoms with Crippen molar-refractivity contribution in [2.75, 3.05) is 13.2 Å². The third-order valence-corrected chi connectivity index (χ3v) is 3.06. The standard InChI is InChI=1S/C11H14ClNO/c12-10-3-1-2-8-6-13-7-9(4-5-14)11(8)10/h1-3,9,13-14H,4-7H2/t9-/m0/s1. The molecule has 14 heavy (non-hydrogen) atoms. The molecule has 0 saturated heterocycles.